The van der Waals surface area contributed by atoms with E-state index >= 15 is 0 Å². The summed E-state index contributed by atoms with van der Waals surface area (Å²) in [6, 6.07) is 1.59. The van der Waals surface area contributed by atoms with E-state index in [0.717, 1.165) is 0 Å². The van der Waals surface area contributed by atoms with Gasteiger partial charge in [0.05, 0.1) is 24.9 Å². The van der Waals surface area contributed by atoms with Gasteiger partial charge in [0.25, 0.3) is 0 Å². The Balaban J connectivity index is 2.96. The summed E-state index contributed by atoms with van der Waals surface area (Å²) in [5, 5.41) is 5.34. The molecule has 1 atom stereocenters. The van der Waals surface area contributed by atoms with E-state index in [9.17, 15) is 9.59 Å². The van der Waals surface area contributed by atoms with Crippen LogP contribution in [0, 0.1) is 0 Å². The number of nitrogens with two attached hydrogens (primary N) is 1. The Labute approximate surface area is 134 Å². The molecule has 0 bridgehead atoms. The lowest BCUT2D eigenvalue weighted by molar-refractivity contribution is -0.118. The van der Waals surface area contributed by atoms with Crippen molar-refractivity contribution in [3.05, 3.63) is 17.2 Å². The zero-order chi connectivity index (χ0) is 16.7. The average Bonchev–Trinajstić information content (AvgIpc) is 2.47. The van der Waals surface area contributed by atoms with Crippen molar-refractivity contribution in [3.8, 4) is 11.5 Å². The number of carbonyl (C=O) groups is 2. The maximum absolute atomic E-state index is 12.2. The predicted octanol–water partition coefficient (Wildman–Crippen LogP) is 2.13. The SMILES string of the molecule is CCC[C@@H](NC(N)=O)C(=O)Nc1cc(OC)c(OC)cc1Cl. The van der Waals surface area contributed by atoms with Gasteiger partial charge in [-0.1, -0.05) is 24.9 Å². The van der Waals surface area contributed by atoms with Gasteiger partial charge in [-0.25, -0.2) is 4.79 Å². The minimum Gasteiger partial charge on any atom is -0.493 e. The molecule has 0 spiro atoms. The first-order valence-corrected chi connectivity index (χ1v) is 7.09. The number of urea groups is 1. The van der Waals surface area contributed by atoms with Crippen molar-refractivity contribution in [2.45, 2.75) is 25.8 Å². The molecule has 1 aromatic carbocycles. The summed E-state index contributed by atoms with van der Waals surface area (Å²) >= 11 is 6.11. The van der Waals surface area contributed by atoms with Gasteiger partial charge >= 0.3 is 6.03 Å². The van der Waals surface area contributed by atoms with Crippen molar-refractivity contribution in [2.24, 2.45) is 5.73 Å². The van der Waals surface area contributed by atoms with Gasteiger partial charge in [-0.05, 0) is 6.42 Å². The molecule has 0 aromatic heterocycles. The van der Waals surface area contributed by atoms with Gasteiger partial charge in [0.1, 0.15) is 6.04 Å². The summed E-state index contributed by atoms with van der Waals surface area (Å²) < 4.78 is 10.3. The van der Waals surface area contributed by atoms with Crippen LogP contribution < -0.4 is 25.8 Å². The first-order chi connectivity index (χ1) is 10.4. The number of benzene rings is 1. The quantitative estimate of drug-likeness (QED) is 0.713. The molecular formula is C14H20ClN3O4. The van der Waals surface area contributed by atoms with E-state index in [0.29, 0.717) is 35.1 Å². The number of amides is 3. The Kier molecular flexibility index (Phi) is 6.78. The van der Waals surface area contributed by atoms with Crippen LogP contribution in [0.4, 0.5) is 10.5 Å². The summed E-state index contributed by atoms with van der Waals surface area (Å²) in [7, 11) is 2.96. The third kappa shape index (κ3) is 4.70. The Hall–Kier alpha value is -2.15. The second-order valence-corrected chi connectivity index (χ2v) is 4.93. The Morgan fingerprint density at radius 3 is 2.36 bits per heavy atom. The van der Waals surface area contributed by atoms with Gasteiger partial charge in [0.2, 0.25) is 5.91 Å². The van der Waals surface area contributed by atoms with Gasteiger partial charge in [0, 0.05) is 12.1 Å². The molecule has 0 saturated carbocycles. The Bertz CT molecular complexity index is 551. The monoisotopic (exact) mass is 329 g/mol. The molecule has 122 valence electrons. The lowest BCUT2D eigenvalue weighted by Crippen LogP contribution is -2.46. The molecule has 1 rings (SSSR count). The van der Waals surface area contributed by atoms with E-state index in [4.69, 9.17) is 26.8 Å². The summed E-state index contributed by atoms with van der Waals surface area (Å²) in [6.07, 6.45) is 1.16. The lowest BCUT2D eigenvalue weighted by Gasteiger charge is -2.18. The summed E-state index contributed by atoms with van der Waals surface area (Å²) in [6.45, 7) is 1.90. The minimum atomic E-state index is -0.757. The van der Waals surface area contributed by atoms with Crippen LogP contribution in [0.3, 0.4) is 0 Å². The highest BCUT2D eigenvalue weighted by molar-refractivity contribution is 6.34. The fourth-order valence-electron chi connectivity index (χ4n) is 1.90. The number of hydrogen-bond acceptors (Lipinski definition) is 4. The highest BCUT2D eigenvalue weighted by Gasteiger charge is 2.20. The smallest absolute Gasteiger partial charge is 0.312 e. The molecule has 0 aliphatic heterocycles. The van der Waals surface area contributed by atoms with Crippen molar-refractivity contribution in [2.75, 3.05) is 19.5 Å². The molecule has 8 heteroatoms. The normalized spacial score (nSPS) is 11.5. The molecule has 0 fully saturated rings. The lowest BCUT2D eigenvalue weighted by atomic mass is 10.1. The molecule has 0 aliphatic carbocycles. The van der Waals surface area contributed by atoms with Gasteiger partial charge in [-0.3, -0.25) is 4.79 Å². The van der Waals surface area contributed by atoms with Crippen LogP contribution in [0.2, 0.25) is 5.02 Å². The number of anilines is 1. The Morgan fingerprint density at radius 2 is 1.86 bits per heavy atom. The minimum absolute atomic E-state index is 0.292. The van der Waals surface area contributed by atoms with Gasteiger partial charge in [-0.15, -0.1) is 0 Å². The van der Waals surface area contributed by atoms with Gasteiger partial charge in [0.15, 0.2) is 11.5 Å². The van der Waals surface area contributed by atoms with Crippen LogP contribution in [0.5, 0.6) is 11.5 Å². The summed E-state index contributed by atoms with van der Waals surface area (Å²) in [5.74, 6) is 0.470. The molecule has 1 aromatic rings. The number of methoxy groups -OCH3 is 2. The molecule has 0 radical (unpaired) electrons. The van der Waals surface area contributed by atoms with Crippen LogP contribution in [0.25, 0.3) is 0 Å². The first kappa shape index (κ1) is 17.9. The number of carbonyl (C=O) groups excluding carboxylic acids is 2. The number of halogens is 1. The van der Waals surface area contributed by atoms with Crippen LogP contribution in [0.1, 0.15) is 19.8 Å². The first-order valence-electron chi connectivity index (χ1n) is 6.71. The van der Waals surface area contributed by atoms with Crippen LogP contribution in [0.15, 0.2) is 12.1 Å². The third-order valence-electron chi connectivity index (χ3n) is 2.94. The molecule has 3 amide bonds. The van der Waals surface area contributed by atoms with Crippen molar-refractivity contribution >= 4 is 29.2 Å². The van der Waals surface area contributed by atoms with Crippen molar-refractivity contribution in [3.63, 3.8) is 0 Å². The second-order valence-electron chi connectivity index (χ2n) is 4.53. The van der Waals surface area contributed by atoms with Crippen LogP contribution >= 0.6 is 11.6 Å². The zero-order valence-corrected chi connectivity index (χ0v) is 13.5. The molecule has 22 heavy (non-hydrogen) atoms. The number of rotatable bonds is 7. The van der Waals surface area contributed by atoms with E-state index < -0.39 is 18.0 Å². The molecule has 0 saturated heterocycles. The fraction of sp³-hybridized carbons (Fsp3) is 0.429. The van der Waals surface area contributed by atoms with Crippen molar-refractivity contribution < 1.29 is 19.1 Å². The molecular weight excluding hydrogens is 310 g/mol. The van der Waals surface area contributed by atoms with E-state index in [1.165, 1.54) is 20.3 Å². The van der Waals surface area contributed by atoms with Gasteiger partial charge < -0.3 is 25.8 Å². The summed E-state index contributed by atoms with van der Waals surface area (Å²) in [5.41, 5.74) is 5.43. The summed E-state index contributed by atoms with van der Waals surface area (Å²) in [4.78, 5) is 23.2. The number of hydrogen-bond donors (Lipinski definition) is 3. The standard InChI is InChI=1S/C14H20ClN3O4/c1-4-5-9(18-14(16)20)13(19)17-10-7-12(22-3)11(21-2)6-8(10)15/h6-7,9H,4-5H2,1-3H3,(H,17,19)(H3,16,18,20)/t9-/m1/s1. The second kappa shape index (κ2) is 8.33. The number of nitrogens with one attached hydrogen (secondary N) is 2. The third-order valence-corrected chi connectivity index (χ3v) is 3.25. The molecule has 4 N–H and O–H groups in total. The van der Waals surface area contributed by atoms with Crippen LogP contribution in [-0.4, -0.2) is 32.2 Å². The van der Waals surface area contributed by atoms with E-state index in [2.05, 4.69) is 10.6 Å². The van der Waals surface area contributed by atoms with E-state index in [-0.39, 0.29) is 0 Å². The van der Waals surface area contributed by atoms with Gasteiger partial charge in [-0.2, -0.15) is 0 Å². The molecule has 7 nitrogen and oxygen atoms in total. The molecule has 0 aliphatic rings. The largest absolute Gasteiger partial charge is 0.493 e. The molecule has 0 heterocycles. The van der Waals surface area contributed by atoms with E-state index in [1.807, 2.05) is 6.92 Å². The molecule has 0 unspecified atom stereocenters. The zero-order valence-electron chi connectivity index (χ0n) is 12.7. The van der Waals surface area contributed by atoms with E-state index in [1.54, 1.807) is 6.07 Å². The predicted molar refractivity (Wildman–Crippen MR) is 84.6 cm³/mol. The highest BCUT2D eigenvalue weighted by Crippen LogP contribution is 2.36. The number of primary amides is 1. The average molecular weight is 330 g/mol. The van der Waals surface area contributed by atoms with Crippen molar-refractivity contribution in [1.29, 1.82) is 0 Å². The van der Waals surface area contributed by atoms with Crippen LogP contribution in [-0.2, 0) is 4.79 Å². The Morgan fingerprint density at radius 1 is 1.27 bits per heavy atom. The fourth-order valence-corrected chi connectivity index (χ4v) is 2.10. The maximum atomic E-state index is 12.2. The topological polar surface area (TPSA) is 103 Å². The van der Waals surface area contributed by atoms with Crippen molar-refractivity contribution in [1.82, 2.24) is 5.32 Å². The number of ether oxygens (including phenoxy) is 2. The highest BCUT2D eigenvalue weighted by atomic mass is 35.5. The maximum Gasteiger partial charge on any atom is 0.312 e.